The van der Waals surface area contributed by atoms with Gasteiger partial charge >= 0.3 is 17.1 Å². The zero-order valence-corrected chi connectivity index (χ0v) is 47.4. The van der Waals surface area contributed by atoms with Crippen molar-refractivity contribution in [2.75, 3.05) is 21.3 Å². The fraction of sp³-hybridized carbons (Fsp3) is 0.246. The molecule has 0 fully saturated rings. The number of fused-ring (bicyclic) bond motifs is 8. The van der Waals surface area contributed by atoms with Gasteiger partial charge in [-0.2, -0.15) is 0 Å². The summed E-state index contributed by atoms with van der Waals surface area (Å²) in [5.74, 6) is -0.835. The van der Waals surface area contributed by atoms with Crippen molar-refractivity contribution in [3.63, 3.8) is 0 Å². The van der Waals surface area contributed by atoms with Crippen LogP contribution in [-0.4, -0.2) is 39.9 Å². The number of aldehydes is 1. The minimum Gasteiger partial charge on any atom is -0.657 e. The number of carbonyl (C=O) groups excluding carboxylic acids is 5. The molecule has 4 amide bonds. The zero-order valence-electron chi connectivity index (χ0n) is 46.5. The molecule has 0 unspecified atom stereocenters. The van der Waals surface area contributed by atoms with E-state index in [0.29, 0.717) is 106 Å². The Labute approximate surface area is 471 Å². The molecule has 0 saturated carbocycles. The Hall–Kier alpha value is -8.45. The number of carbonyl (C=O) groups is 5. The number of nitrogens with one attached hydrogen (secondary N) is 4. The van der Waals surface area contributed by atoms with E-state index < -0.39 is 21.7 Å². The molecular formula is C65H64CuN8O5. The van der Waals surface area contributed by atoms with E-state index in [0.717, 1.165) is 6.29 Å². The second-order valence-corrected chi connectivity index (χ2v) is 23.7. The average Bonchev–Trinajstić information content (AvgIpc) is 4.27. The van der Waals surface area contributed by atoms with Gasteiger partial charge in [-0.3, -0.25) is 24.0 Å². The molecule has 405 valence electrons. The van der Waals surface area contributed by atoms with Crippen LogP contribution in [-0.2, 0) is 41.0 Å². The van der Waals surface area contributed by atoms with Crippen molar-refractivity contribution < 1.29 is 41.0 Å². The van der Waals surface area contributed by atoms with E-state index in [1.54, 1.807) is 6.08 Å². The summed E-state index contributed by atoms with van der Waals surface area (Å²) in [4.78, 5) is 90.8. The monoisotopic (exact) mass is 1100 g/mol. The first kappa shape index (κ1) is 56.7. The van der Waals surface area contributed by atoms with Gasteiger partial charge in [0.15, 0.2) is 6.29 Å². The summed E-state index contributed by atoms with van der Waals surface area (Å²) in [5, 5.41) is 12.7. The normalized spacial score (nSPS) is 12.5. The summed E-state index contributed by atoms with van der Waals surface area (Å²) in [6, 6.07) is 37.3. The molecule has 79 heavy (non-hydrogen) atoms. The van der Waals surface area contributed by atoms with Gasteiger partial charge in [0, 0.05) is 72.2 Å². The maximum Gasteiger partial charge on any atom is 2.00 e. The fourth-order valence-electron chi connectivity index (χ4n) is 8.86. The molecule has 0 spiro atoms. The van der Waals surface area contributed by atoms with Gasteiger partial charge in [-0.25, -0.2) is 9.97 Å². The smallest absolute Gasteiger partial charge is 0.657 e. The van der Waals surface area contributed by atoms with E-state index in [1.807, 2.05) is 217 Å². The van der Waals surface area contributed by atoms with E-state index in [1.165, 1.54) is 0 Å². The Balaban J connectivity index is 0.00000822. The molecule has 13 nitrogen and oxygen atoms in total. The van der Waals surface area contributed by atoms with E-state index in [-0.39, 0.29) is 52.0 Å². The van der Waals surface area contributed by atoms with Crippen LogP contribution in [0.25, 0.3) is 90.4 Å². The third-order valence-corrected chi connectivity index (χ3v) is 13.4. The van der Waals surface area contributed by atoms with Crippen molar-refractivity contribution in [1.82, 2.24) is 19.9 Å². The Kier molecular flexibility index (Phi) is 15.6. The van der Waals surface area contributed by atoms with Crippen LogP contribution in [0.3, 0.4) is 0 Å². The third-order valence-electron chi connectivity index (χ3n) is 13.4. The molecule has 0 aliphatic carbocycles. The quantitative estimate of drug-likeness (QED) is 0.0806. The van der Waals surface area contributed by atoms with E-state index in [2.05, 4.69) is 21.3 Å². The van der Waals surface area contributed by atoms with Crippen molar-refractivity contribution >= 4 is 98.5 Å². The predicted octanol–water partition coefficient (Wildman–Crippen LogP) is 14.1. The molecule has 2 aliphatic rings. The Morgan fingerprint density at radius 3 is 0.975 bits per heavy atom. The number of para-hydroxylation sites is 4. The summed E-state index contributed by atoms with van der Waals surface area (Å²) >= 11 is 0. The minimum absolute atomic E-state index is 0. The first-order chi connectivity index (χ1) is 36.8. The van der Waals surface area contributed by atoms with Gasteiger partial charge in [0.2, 0.25) is 23.6 Å². The van der Waals surface area contributed by atoms with Crippen molar-refractivity contribution in [2.45, 2.75) is 83.1 Å². The minimum atomic E-state index is -0.764. The van der Waals surface area contributed by atoms with Crippen LogP contribution in [0.4, 0.5) is 22.7 Å². The Morgan fingerprint density at radius 1 is 0.392 bits per heavy atom. The first-order valence-electron chi connectivity index (χ1n) is 26.0. The van der Waals surface area contributed by atoms with Gasteiger partial charge < -0.3 is 31.2 Å². The molecule has 9 rings (SSSR count). The number of nitrogens with zero attached hydrogens (tertiary/aromatic N) is 4. The van der Waals surface area contributed by atoms with Crippen LogP contribution in [0.2, 0.25) is 0 Å². The van der Waals surface area contributed by atoms with Crippen molar-refractivity contribution in [3.05, 3.63) is 144 Å². The number of amides is 4. The molecule has 8 bridgehead atoms. The van der Waals surface area contributed by atoms with Crippen LogP contribution in [0.5, 0.6) is 0 Å². The molecule has 4 N–H and O–H groups in total. The van der Waals surface area contributed by atoms with E-state index in [9.17, 15) is 24.0 Å². The molecular weight excluding hydrogens is 1040 g/mol. The number of allylic oxidation sites excluding steroid dienone is 1. The molecule has 1 radical (unpaired) electrons. The number of rotatable bonds is 9. The van der Waals surface area contributed by atoms with Crippen LogP contribution in [0.15, 0.2) is 121 Å². The summed E-state index contributed by atoms with van der Waals surface area (Å²) in [6.07, 6.45) is 6.28. The number of hydrogen-bond donors (Lipinski definition) is 4. The van der Waals surface area contributed by atoms with E-state index in [4.69, 9.17) is 19.9 Å². The van der Waals surface area contributed by atoms with Gasteiger partial charge in [0.1, 0.15) is 0 Å². The largest absolute Gasteiger partial charge is 2.00 e. The van der Waals surface area contributed by atoms with Crippen LogP contribution >= 0.6 is 0 Å². The van der Waals surface area contributed by atoms with Gasteiger partial charge in [-0.1, -0.05) is 180 Å². The maximum absolute atomic E-state index is 13.9. The number of hydrogen-bond acceptors (Lipinski definition) is 7. The predicted molar refractivity (Wildman–Crippen MR) is 316 cm³/mol. The summed E-state index contributed by atoms with van der Waals surface area (Å²) in [7, 11) is 0. The second kappa shape index (κ2) is 21.8. The van der Waals surface area contributed by atoms with Gasteiger partial charge in [0.25, 0.3) is 0 Å². The zero-order chi connectivity index (χ0) is 56.1. The van der Waals surface area contributed by atoms with Crippen LogP contribution in [0, 0.1) is 21.7 Å². The molecule has 4 aromatic carbocycles. The van der Waals surface area contributed by atoms with Crippen LogP contribution < -0.4 is 31.2 Å². The Morgan fingerprint density at radius 2 is 0.671 bits per heavy atom. The second-order valence-electron chi connectivity index (χ2n) is 23.7. The van der Waals surface area contributed by atoms with E-state index >= 15 is 0 Å². The number of aromatic nitrogens is 4. The molecule has 0 atom stereocenters. The average molecular weight is 1100 g/mol. The van der Waals surface area contributed by atoms with Gasteiger partial charge in [-0.05, 0) is 64.7 Å². The van der Waals surface area contributed by atoms with Gasteiger partial charge in [0.05, 0.1) is 22.8 Å². The van der Waals surface area contributed by atoms with Crippen molar-refractivity contribution in [2.24, 2.45) is 21.7 Å². The molecule has 0 saturated heterocycles. The van der Waals surface area contributed by atoms with Gasteiger partial charge in [-0.15, -0.1) is 22.1 Å². The number of benzene rings is 4. The SMILES string of the molecule is CC(C)(C)C(=O)Nc1ccccc1-c1c2nc(c(-c3ccccc3NC(=O)C(C)(C)C)c3ccc([n-]3)c(-c3ccccc3NC(=O)C(C)(C)C)c3nc(c(-c4ccccc4NC(=O)C(C)(C)C)c4ccc1[n-]4)C=C3C=O)C=C2.[Cu+2]. The number of anilines is 4. The Bertz CT molecular complexity index is 3850. The van der Waals surface area contributed by atoms with Crippen LogP contribution in [0.1, 0.15) is 106 Å². The maximum atomic E-state index is 13.9. The van der Waals surface area contributed by atoms with Crippen molar-refractivity contribution in [1.29, 1.82) is 0 Å². The molecule has 2 aliphatic heterocycles. The summed E-state index contributed by atoms with van der Waals surface area (Å²) in [6.45, 7) is 22.1. The molecule has 7 aromatic rings. The molecule has 3 aromatic heterocycles. The standard InChI is InChI=1S/C65H66N8O5.Cu/c1-62(2,3)58(75)70-42-25-17-13-21-38(42)53-46-29-30-47(66-46)54(39-22-14-18-26-43(39)71-59(76)63(4,5)6)49-33-34-51(68-49)56(41-24-16-20-28-45(41)73-61(78)65(10,11)12)57-37(36-74)35-52(69-57)55(50-32-31-48(53)67-50)40-23-15-19-27-44(40)72-60(77)64(7,8)9;/h13-36H,1-12H3,(H6,66,67,68,69,70,71,72,73,74,75,76,77,78);/q;+2/p-2. The van der Waals surface area contributed by atoms with Crippen molar-refractivity contribution in [3.8, 4) is 44.5 Å². The third kappa shape index (κ3) is 11.7. The topological polar surface area (TPSA) is 187 Å². The fourth-order valence-corrected chi connectivity index (χ4v) is 8.86. The summed E-state index contributed by atoms with van der Waals surface area (Å²) in [5.41, 5.74) is 7.36. The summed E-state index contributed by atoms with van der Waals surface area (Å²) < 4.78 is 0. The molecule has 5 heterocycles. The first-order valence-corrected chi connectivity index (χ1v) is 26.0. The molecule has 14 heteroatoms.